The Morgan fingerprint density at radius 2 is 2.23 bits per heavy atom. The zero-order chi connectivity index (χ0) is 15.5. The molecular weight excluding hydrogens is 280 g/mol. The van der Waals surface area contributed by atoms with Gasteiger partial charge in [0.05, 0.1) is 18.3 Å². The lowest BCUT2D eigenvalue weighted by Gasteiger charge is -2.34. The second-order valence-electron chi connectivity index (χ2n) is 5.64. The van der Waals surface area contributed by atoms with Crippen molar-refractivity contribution >= 4 is 16.8 Å². The van der Waals surface area contributed by atoms with Gasteiger partial charge in [-0.25, -0.2) is 0 Å². The highest BCUT2D eigenvalue weighted by Gasteiger charge is 2.22. The Morgan fingerprint density at radius 3 is 3.05 bits per heavy atom. The van der Waals surface area contributed by atoms with Gasteiger partial charge < -0.3 is 10.2 Å². The molecule has 1 saturated heterocycles. The summed E-state index contributed by atoms with van der Waals surface area (Å²) in [6.07, 6.45) is 1.71. The first-order valence-corrected chi connectivity index (χ1v) is 7.62. The molecule has 116 valence electrons. The van der Waals surface area contributed by atoms with Crippen LogP contribution in [-0.4, -0.2) is 46.3 Å². The van der Waals surface area contributed by atoms with E-state index in [2.05, 4.69) is 17.3 Å². The number of hydrogen-bond donors (Lipinski definition) is 1. The molecule has 1 aromatic carbocycles. The van der Waals surface area contributed by atoms with E-state index in [-0.39, 0.29) is 17.4 Å². The highest BCUT2D eigenvalue weighted by Crippen LogP contribution is 2.10. The predicted octanol–water partition coefficient (Wildman–Crippen LogP) is 0.607. The minimum Gasteiger partial charge on any atom is -0.337 e. The third kappa shape index (κ3) is 2.87. The first-order valence-electron chi connectivity index (χ1n) is 7.62. The zero-order valence-corrected chi connectivity index (χ0v) is 12.7. The van der Waals surface area contributed by atoms with Crippen LogP contribution in [0.2, 0.25) is 0 Å². The molecule has 1 fully saturated rings. The summed E-state index contributed by atoms with van der Waals surface area (Å²) in [6, 6.07) is 7.58. The van der Waals surface area contributed by atoms with Gasteiger partial charge in [0.15, 0.2) is 0 Å². The lowest BCUT2D eigenvalue weighted by atomic mass is 10.2. The van der Waals surface area contributed by atoms with Crippen LogP contribution in [0.4, 0.5) is 0 Å². The second-order valence-corrected chi connectivity index (χ2v) is 5.64. The number of fused-ring (bicyclic) bond motifs is 1. The largest absolute Gasteiger partial charge is 0.337 e. The first kappa shape index (κ1) is 14.7. The maximum atomic E-state index is 12.4. The van der Waals surface area contributed by atoms with Crippen LogP contribution in [0.15, 0.2) is 35.3 Å². The summed E-state index contributed by atoms with van der Waals surface area (Å²) in [7, 11) is 0. The summed E-state index contributed by atoms with van der Waals surface area (Å²) in [5, 5.41) is 8.08. The Labute approximate surface area is 128 Å². The van der Waals surface area contributed by atoms with E-state index in [0.29, 0.717) is 18.4 Å². The summed E-state index contributed by atoms with van der Waals surface area (Å²) >= 11 is 0. The average Bonchev–Trinajstić information content (AvgIpc) is 2.55. The van der Waals surface area contributed by atoms with Gasteiger partial charge in [-0.15, -0.1) is 0 Å². The third-order valence-electron chi connectivity index (χ3n) is 4.12. The molecule has 1 atom stereocenters. The van der Waals surface area contributed by atoms with Gasteiger partial charge in [0.25, 0.3) is 0 Å². The number of aromatic nitrogens is 2. The zero-order valence-electron chi connectivity index (χ0n) is 12.7. The van der Waals surface area contributed by atoms with Crippen molar-refractivity contribution in [3.05, 3.63) is 40.7 Å². The van der Waals surface area contributed by atoms with Crippen LogP contribution in [0.5, 0.6) is 0 Å². The molecule has 0 bridgehead atoms. The van der Waals surface area contributed by atoms with Gasteiger partial charge in [0, 0.05) is 37.5 Å². The number of para-hydroxylation sites is 1. The van der Waals surface area contributed by atoms with Gasteiger partial charge in [-0.2, -0.15) is 5.10 Å². The van der Waals surface area contributed by atoms with Crippen LogP contribution in [0.3, 0.4) is 0 Å². The molecule has 6 heteroatoms. The lowest BCUT2D eigenvalue weighted by Crippen LogP contribution is -2.52. The van der Waals surface area contributed by atoms with Gasteiger partial charge in [0.1, 0.15) is 0 Å². The number of nitrogens with zero attached hydrogens (tertiary/aromatic N) is 3. The molecule has 0 aliphatic carbocycles. The van der Waals surface area contributed by atoms with Gasteiger partial charge >= 0.3 is 0 Å². The quantitative estimate of drug-likeness (QED) is 0.902. The second kappa shape index (κ2) is 6.27. The van der Waals surface area contributed by atoms with Crippen LogP contribution in [0.25, 0.3) is 10.9 Å². The molecule has 3 rings (SSSR count). The number of carbonyl (C=O) groups is 1. The molecule has 1 N–H and O–H groups in total. The SMILES string of the molecule is C[C@@H]1CNCCN1C(=O)CCn1ncc(=O)c2ccccc21. The third-order valence-corrected chi connectivity index (χ3v) is 4.12. The average molecular weight is 300 g/mol. The van der Waals surface area contributed by atoms with Crippen molar-refractivity contribution in [2.75, 3.05) is 19.6 Å². The minimum absolute atomic E-state index is 0.0890. The number of rotatable bonds is 3. The number of hydrogen-bond acceptors (Lipinski definition) is 4. The number of piperazine rings is 1. The van der Waals surface area contributed by atoms with E-state index >= 15 is 0 Å². The molecule has 22 heavy (non-hydrogen) atoms. The number of carbonyl (C=O) groups excluding carboxylic acids is 1. The molecule has 0 saturated carbocycles. The summed E-state index contributed by atoms with van der Waals surface area (Å²) in [5.41, 5.74) is 0.685. The molecule has 0 spiro atoms. The molecule has 6 nitrogen and oxygen atoms in total. The van der Waals surface area contributed by atoms with Crippen LogP contribution in [0.1, 0.15) is 13.3 Å². The number of aryl methyl sites for hydroxylation is 1. The monoisotopic (exact) mass is 300 g/mol. The molecule has 2 heterocycles. The van der Waals surface area contributed by atoms with E-state index in [0.717, 1.165) is 25.2 Å². The topological polar surface area (TPSA) is 67.2 Å². The van der Waals surface area contributed by atoms with Crippen LogP contribution >= 0.6 is 0 Å². The van der Waals surface area contributed by atoms with Crippen molar-refractivity contribution in [2.45, 2.75) is 25.9 Å². The first-order chi connectivity index (χ1) is 10.7. The fourth-order valence-corrected chi connectivity index (χ4v) is 2.90. The van der Waals surface area contributed by atoms with Crippen LogP contribution in [0, 0.1) is 0 Å². The summed E-state index contributed by atoms with van der Waals surface area (Å²) in [5.74, 6) is 0.138. The molecular formula is C16H20N4O2. The summed E-state index contributed by atoms with van der Waals surface area (Å²) in [6.45, 7) is 4.96. The number of benzene rings is 1. The predicted molar refractivity (Wildman–Crippen MR) is 84.7 cm³/mol. The fourth-order valence-electron chi connectivity index (χ4n) is 2.90. The van der Waals surface area contributed by atoms with E-state index in [4.69, 9.17) is 0 Å². The van der Waals surface area contributed by atoms with E-state index in [9.17, 15) is 9.59 Å². The van der Waals surface area contributed by atoms with Crippen molar-refractivity contribution < 1.29 is 4.79 Å². The van der Waals surface area contributed by atoms with E-state index < -0.39 is 0 Å². The van der Waals surface area contributed by atoms with Crippen LogP contribution in [-0.2, 0) is 11.3 Å². The maximum absolute atomic E-state index is 12.4. The van der Waals surface area contributed by atoms with Gasteiger partial charge in [0.2, 0.25) is 11.3 Å². The molecule has 1 aromatic heterocycles. The number of nitrogens with one attached hydrogen (secondary N) is 1. The van der Waals surface area contributed by atoms with E-state index in [1.54, 1.807) is 10.7 Å². The Morgan fingerprint density at radius 1 is 1.41 bits per heavy atom. The molecule has 1 amide bonds. The van der Waals surface area contributed by atoms with Gasteiger partial charge in [-0.1, -0.05) is 12.1 Å². The minimum atomic E-state index is -0.0890. The van der Waals surface area contributed by atoms with Crippen molar-refractivity contribution in [1.82, 2.24) is 20.0 Å². The molecule has 1 aliphatic heterocycles. The Kier molecular flexibility index (Phi) is 4.20. The normalized spacial score (nSPS) is 18.6. The van der Waals surface area contributed by atoms with Crippen molar-refractivity contribution in [2.24, 2.45) is 0 Å². The highest BCUT2D eigenvalue weighted by atomic mass is 16.2. The molecule has 1 aliphatic rings. The fraction of sp³-hybridized carbons (Fsp3) is 0.438. The molecule has 0 unspecified atom stereocenters. The van der Waals surface area contributed by atoms with E-state index in [1.807, 2.05) is 23.1 Å². The molecule has 0 radical (unpaired) electrons. The number of amides is 1. The summed E-state index contributed by atoms with van der Waals surface area (Å²) < 4.78 is 1.74. The Bertz CT molecular complexity index is 740. The van der Waals surface area contributed by atoms with Crippen molar-refractivity contribution in [1.29, 1.82) is 0 Å². The van der Waals surface area contributed by atoms with Gasteiger partial charge in [-0.3, -0.25) is 14.3 Å². The van der Waals surface area contributed by atoms with Crippen molar-refractivity contribution in [3.63, 3.8) is 0 Å². The highest BCUT2D eigenvalue weighted by molar-refractivity contribution is 5.79. The maximum Gasteiger partial charge on any atom is 0.224 e. The lowest BCUT2D eigenvalue weighted by molar-refractivity contribution is -0.134. The smallest absolute Gasteiger partial charge is 0.224 e. The van der Waals surface area contributed by atoms with Crippen LogP contribution < -0.4 is 10.7 Å². The standard InChI is InChI=1S/C16H20N4O2/c1-12-10-17-7-9-19(12)16(22)6-8-20-14-5-3-2-4-13(14)15(21)11-18-20/h2-5,11-12,17H,6-10H2,1H3/t12-/m1/s1. The summed E-state index contributed by atoms with van der Waals surface area (Å²) in [4.78, 5) is 26.1. The Hall–Kier alpha value is -2.21. The van der Waals surface area contributed by atoms with Gasteiger partial charge in [-0.05, 0) is 19.1 Å². The van der Waals surface area contributed by atoms with E-state index in [1.165, 1.54) is 6.20 Å². The molecule has 2 aromatic rings. The Balaban J connectivity index is 1.75. The van der Waals surface area contributed by atoms with Crippen molar-refractivity contribution in [3.8, 4) is 0 Å².